The van der Waals surface area contributed by atoms with Gasteiger partial charge in [-0.3, -0.25) is 0 Å². The zero-order valence-corrected chi connectivity index (χ0v) is 16.1. The summed E-state index contributed by atoms with van der Waals surface area (Å²) in [6, 6.07) is 14.3. The lowest BCUT2D eigenvalue weighted by atomic mass is 10.0. The van der Waals surface area contributed by atoms with Crippen LogP contribution in [-0.4, -0.2) is 6.61 Å². The molecule has 0 aliphatic heterocycles. The third-order valence-electron chi connectivity index (χ3n) is 4.39. The highest BCUT2D eigenvalue weighted by atomic mass is 19.2. The van der Waals surface area contributed by atoms with Crippen molar-refractivity contribution in [1.29, 1.82) is 0 Å². The zero-order chi connectivity index (χ0) is 20.8. The van der Waals surface area contributed by atoms with Crippen LogP contribution in [0.1, 0.15) is 17.5 Å². The van der Waals surface area contributed by atoms with Crippen molar-refractivity contribution < 1.29 is 22.6 Å². The first-order valence-corrected chi connectivity index (χ1v) is 9.19. The quantitative estimate of drug-likeness (QED) is 0.314. The smallest absolute Gasteiger partial charge is 0.201 e. The molecule has 0 saturated carbocycles. The van der Waals surface area contributed by atoms with Crippen LogP contribution < -0.4 is 9.47 Å². The average molecular weight is 398 g/mol. The monoisotopic (exact) mass is 398 g/mol. The fourth-order valence-corrected chi connectivity index (χ4v) is 2.78. The van der Waals surface area contributed by atoms with Crippen LogP contribution in [0, 0.1) is 24.4 Å². The first-order valence-electron chi connectivity index (χ1n) is 9.19. The van der Waals surface area contributed by atoms with Gasteiger partial charge in [0, 0.05) is 11.1 Å². The van der Waals surface area contributed by atoms with E-state index in [4.69, 9.17) is 9.47 Å². The number of rotatable bonds is 8. The minimum Gasteiger partial charge on any atom is -0.490 e. The van der Waals surface area contributed by atoms with Crippen molar-refractivity contribution in [2.75, 3.05) is 6.61 Å². The molecule has 0 bridgehead atoms. The van der Waals surface area contributed by atoms with Crippen LogP contribution in [0.4, 0.5) is 13.2 Å². The molecule has 3 rings (SSSR count). The molecule has 0 aromatic heterocycles. The molecule has 0 saturated heterocycles. The zero-order valence-electron chi connectivity index (χ0n) is 16.1. The summed E-state index contributed by atoms with van der Waals surface area (Å²) in [5.41, 5.74) is 1.89. The van der Waals surface area contributed by atoms with Crippen LogP contribution >= 0.6 is 0 Å². The average Bonchev–Trinajstić information content (AvgIpc) is 2.71. The predicted octanol–water partition coefficient (Wildman–Crippen LogP) is 6.61. The molecule has 150 valence electrons. The standard InChI is InChI=1S/C24H21F3O2/c1-3-4-13-28-22-12-11-20(23(26)24(22)27)17-7-9-19(10-8-17)29-15-18-6-5-16(2)14-21(18)25/h3,5-12,14H,1,4,13,15H2,2H3. The van der Waals surface area contributed by atoms with E-state index in [-0.39, 0.29) is 30.3 Å². The SMILES string of the molecule is C=CCCOc1ccc(-c2ccc(OCc3ccc(C)cc3F)cc2)c(F)c1F. The molecule has 5 heteroatoms. The molecule has 0 aliphatic carbocycles. The summed E-state index contributed by atoms with van der Waals surface area (Å²) in [7, 11) is 0. The maximum atomic E-state index is 14.5. The van der Waals surface area contributed by atoms with Gasteiger partial charge in [0.25, 0.3) is 0 Å². The van der Waals surface area contributed by atoms with Crippen LogP contribution in [0.25, 0.3) is 11.1 Å². The summed E-state index contributed by atoms with van der Waals surface area (Å²) in [6.07, 6.45) is 2.18. The largest absolute Gasteiger partial charge is 0.490 e. The lowest BCUT2D eigenvalue weighted by Gasteiger charge is -2.11. The van der Waals surface area contributed by atoms with Gasteiger partial charge in [0.1, 0.15) is 18.2 Å². The molecule has 29 heavy (non-hydrogen) atoms. The molecule has 0 aliphatic rings. The summed E-state index contributed by atoms with van der Waals surface area (Å²) >= 11 is 0. The second-order valence-electron chi connectivity index (χ2n) is 6.57. The molecule has 3 aromatic rings. The molecule has 0 heterocycles. The third-order valence-corrected chi connectivity index (χ3v) is 4.39. The molecule has 0 spiro atoms. The summed E-state index contributed by atoms with van der Waals surface area (Å²) in [4.78, 5) is 0. The minimum absolute atomic E-state index is 0.0746. The van der Waals surface area contributed by atoms with Crippen molar-refractivity contribution in [1.82, 2.24) is 0 Å². The van der Waals surface area contributed by atoms with Crippen molar-refractivity contribution in [2.45, 2.75) is 20.0 Å². The Labute approximate surface area is 168 Å². The molecule has 2 nitrogen and oxygen atoms in total. The molecule has 0 amide bonds. The first kappa shape index (κ1) is 20.5. The van der Waals surface area contributed by atoms with Crippen LogP contribution in [0.3, 0.4) is 0 Å². The van der Waals surface area contributed by atoms with Crippen molar-refractivity contribution >= 4 is 0 Å². The van der Waals surface area contributed by atoms with E-state index in [2.05, 4.69) is 6.58 Å². The number of halogens is 3. The Morgan fingerprint density at radius 2 is 1.66 bits per heavy atom. The summed E-state index contributed by atoms with van der Waals surface area (Å²) in [5, 5.41) is 0. The Morgan fingerprint density at radius 3 is 2.34 bits per heavy atom. The second kappa shape index (κ2) is 9.32. The Bertz CT molecular complexity index is 998. The van der Waals surface area contributed by atoms with E-state index >= 15 is 0 Å². The fraction of sp³-hybridized carbons (Fsp3) is 0.167. The van der Waals surface area contributed by atoms with Crippen molar-refractivity contribution in [3.05, 3.63) is 95.8 Å². The van der Waals surface area contributed by atoms with Crippen molar-refractivity contribution in [2.24, 2.45) is 0 Å². The molecule has 3 aromatic carbocycles. The van der Waals surface area contributed by atoms with Crippen LogP contribution in [0.15, 0.2) is 67.3 Å². The summed E-state index contributed by atoms with van der Waals surface area (Å²) in [6.45, 7) is 5.67. The highest BCUT2D eigenvalue weighted by Crippen LogP contribution is 2.31. The van der Waals surface area contributed by atoms with Gasteiger partial charge in [-0.1, -0.05) is 30.3 Å². The Balaban J connectivity index is 1.71. The van der Waals surface area contributed by atoms with Gasteiger partial charge in [-0.05, 0) is 54.8 Å². The van der Waals surface area contributed by atoms with Gasteiger partial charge in [0.2, 0.25) is 5.82 Å². The molecule has 0 fully saturated rings. The maximum absolute atomic E-state index is 14.5. The highest BCUT2D eigenvalue weighted by molar-refractivity contribution is 5.66. The van der Waals surface area contributed by atoms with E-state index in [0.717, 1.165) is 5.56 Å². The van der Waals surface area contributed by atoms with Gasteiger partial charge in [0.05, 0.1) is 6.61 Å². The van der Waals surface area contributed by atoms with Gasteiger partial charge in [-0.15, -0.1) is 6.58 Å². The number of benzene rings is 3. The second-order valence-corrected chi connectivity index (χ2v) is 6.57. The lowest BCUT2D eigenvalue weighted by Crippen LogP contribution is -2.01. The fourth-order valence-electron chi connectivity index (χ4n) is 2.78. The van der Waals surface area contributed by atoms with Crippen LogP contribution in [-0.2, 0) is 6.61 Å². The minimum atomic E-state index is -1.03. The molecular formula is C24H21F3O2. The predicted molar refractivity (Wildman–Crippen MR) is 108 cm³/mol. The lowest BCUT2D eigenvalue weighted by molar-refractivity contribution is 0.299. The van der Waals surface area contributed by atoms with Crippen molar-refractivity contribution in [3.8, 4) is 22.6 Å². The van der Waals surface area contributed by atoms with Gasteiger partial charge in [-0.2, -0.15) is 4.39 Å². The number of hydrogen-bond donors (Lipinski definition) is 0. The highest BCUT2D eigenvalue weighted by Gasteiger charge is 2.16. The van der Waals surface area contributed by atoms with Gasteiger partial charge < -0.3 is 9.47 Å². The van der Waals surface area contributed by atoms with Crippen LogP contribution in [0.2, 0.25) is 0 Å². The van der Waals surface area contributed by atoms with Gasteiger partial charge in [-0.25, -0.2) is 8.78 Å². The third kappa shape index (κ3) is 4.99. The Hall–Kier alpha value is -3.21. The summed E-state index contributed by atoms with van der Waals surface area (Å²) in [5.74, 6) is -1.96. The molecule has 0 radical (unpaired) electrons. The number of aryl methyl sites for hydroxylation is 1. The first-order chi connectivity index (χ1) is 14.0. The van der Waals surface area contributed by atoms with Crippen LogP contribution in [0.5, 0.6) is 11.5 Å². The normalized spacial score (nSPS) is 10.6. The van der Waals surface area contributed by atoms with Gasteiger partial charge in [0.15, 0.2) is 11.6 Å². The number of ether oxygens (including phenoxy) is 2. The van der Waals surface area contributed by atoms with E-state index in [0.29, 0.717) is 23.3 Å². The van der Waals surface area contributed by atoms with E-state index in [1.54, 1.807) is 36.4 Å². The number of hydrogen-bond acceptors (Lipinski definition) is 2. The molecule has 0 unspecified atom stereocenters. The van der Waals surface area contributed by atoms with E-state index in [9.17, 15) is 13.2 Å². The maximum Gasteiger partial charge on any atom is 0.201 e. The van der Waals surface area contributed by atoms with E-state index < -0.39 is 11.6 Å². The Morgan fingerprint density at radius 1 is 0.897 bits per heavy atom. The molecule has 0 N–H and O–H groups in total. The Kier molecular flexibility index (Phi) is 6.60. The van der Waals surface area contributed by atoms with E-state index in [1.165, 1.54) is 18.2 Å². The topological polar surface area (TPSA) is 18.5 Å². The summed E-state index contributed by atoms with van der Waals surface area (Å²) < 4.78 is 53.4. The molecule has 0 atom stereocenters. The van der Waals surface area contributed by atoms with E-state index in [1.807, 2.05) is 13.0 Å². The molecular weight excluding hydrogens is 377 g/mol. The van der Waals surface area contributed by atoms with Gasteiger partial charge >= 0.3 is 0 Å². The van der Waals surface area contributed by atoms with Crippen molar-refractivity contribution in [3.63, 3.8) is 0 Å².